The van der Waals surface area contributed by atoms with E-state index in [1.807, 2.05) is 30.3 Å². The minimum atomic E-state index is -3.08. The molecule has 1 aromatic carbocycles. The molecule has 0 radical (unpaired) electrons. The van der Waals surface area contributed by atoms with Gasteiger partial charge in [-0.25, -0.2) is 8.42 Å². The van der Waals surface area contributed by atoms with Crippen LogP contribution in [0.1, 0.15) is 12.0 Å². The smallest absolute Gasteiger partial charge is 0.266 e. The lowest BCUT2D eigenvalue weighted by atomic mass is 10.2. The summed E-state index contributed by atoms with van der Waals surface area (Å²) < 4.78 is 23.5. The van der Waals surface area contributed by atoms with Gasteiger partial charge in [0.15, 0.2) is 9.84 Å². The van der Waals surface area contributed by atoms with Gasteiger partial charge in [0.05, 0.1) is 16.4 Å². The zero-order valence-corrected chi connectivity index (χ0v) is 16.6. The highest BCUT2D eigenvalue weighted by Gasteiger charge is 2.37. The molecule has 0 N–H and O–H groups in total. The largest absolute Gasteiger partial charge is 0.340 e. The van der Waals surface area contributed by atoms with Gasteiger partial charge in [0.2, 0.25) is 5.91 Å². The normalized spacial score (nSPS) is 23.7. The number of amides is 2. The highest BCUT2D eigenvalue weighted by atomic mass is 32.2. The third kappa shape index (κ3) is 4.16. The Morgan fingerprint density at radius 2 is 2.08 bits per heavy atom. The molecule has 2 aliphatic heterocycles. The molecule has 1 aromatic rings. The topological polar surface area (TPSA) is 74.8 Å². The molecule has 2 aliphatic rings. The highest BCUT2D eigenvalue weighted by molar-refractivity contribution is 8.26. The number of likely N-dealkylation sites (N-methyl/N-ethyl adjacent to an activating group) is 1. The van der Waals surface area contributed by atoms with Gasteiger partial charge in [-0.15, -0.1) is 0 Å². The Bertz CT molecular complexity index is 881. The monoisotopic (exact) mass is 410 g/mol. The van der Waals surface area contributed by atoms with Gasteiger partial charge in [-0.05, 0) is 18.1 Å². The van der Waals surface area contributed by atoms with Crippen LogP contribution in [0.5, 0.6) is 0 Å². The lowest BCUT2D eigenvalue weighted by Crippen LogP contribution is -2.45. The van der Waals surface area contributed by atoms with E-state index in [2.05, 4.69) is 0 Å². The molecule has 1 atom stereocenters. The van der Waals surface area contributed by atoms with E-state index in [0.29, 0.717) is 15.6 Å². The fraction of sp³-hybridized carbons (Fsp3) is 0.353. The molecule has 0 saturated carbocycles. The number of benzene rings is 1. The second-order valence-corrected chi connectivity index (χ2v) is 10.1. The average Bonchev–Trinajstić information content (AvgIpc) is 3.09. The average molecular weight is 411 g/mol. The van der Waals surface area contributed by atoms with Gasteiger partial charge in [-0.3, -0.25) is 14.5 Å². The van der Waals surface area contributed by atoms with Gasteiger partial charge >= 0.3 is 0 Å². The van der Waals surface area contributed by atoms with Gasteiger partial charge < -0.3 is 4.90 Å². The van der Waals surface area contributed by atoms with Crippen LogP contribution >= 0.6 is 24.0 Å². The number of thiocarbonyl (C=S) groups is 1. The van der Waals surface area contributed by atoms with E-state index in [9.17, 15) is 18.0 Å². The summed E-state index contributed by atoms with van der Waals surface area (Å²) in [6.07, 6.45) is 2.17. The van der Waals surface area contributed by atoms with Crippen LogP contribution in [0.3, 0.4) is 0 Å². The van der Waals surface area contributed by atoms with E-state index >= 15 is 0 Å². The number of carbonyl (C=O) groups is 2. The summed E-state index contributed by atoms with van der Waals surface area (Å²) in [6.45, 7) is -0.177. The van der Waals surface area contributed by atoms with Crippen molar-refractivity contribution in [1.29, 1.82) is 0 Å². The Morgan fingerprint density at radius 3 is 2.69 bits per heavy atom. The van der Waals surface area contributed by atoms with Gasteiger partial charge in [-0.2, -0.15) is 0 Å². The second-order valence-electron chi connectivity index (χ2n) is 6.24. The van der Waals surface area contributed by atoms with Crippen molar-refractivity contribution in [3.8, 4) is 0 Å². The molecule has 2 saturated heterocycles. The second kappa shape index (κ2) is 7.50. The zero-order valence-electron chi connectivity index (χ0n) is 14.1. The minimum Gasteiger partial charge on any atom is -0.340 e. The molecule has 6 nitrogen and oxygen atoms in total. The lowest BCUT2D eigenvalue weighted by Gasteiger charge is -2.25. The van der Waals surface area contributed by atoms with Crippen LogP contribution in [0.4, 0.5) is 0 Å². The summed E-state index contributed by atoms with van der Waals surface area (Å²) >= 11 is 6.41. The van der Waals surface area contributed by atoms with E-state index in [1.54, 1.807) is 13.1 Å². The summed E-state index contributed by atoms with van der Waals surface area (Å²) in [5.41, 5.74) is 0.882. The Labute approximate surface area is 162 Å². The SMILES string of the molecule is CN(C(=O)CN1C(=O)/C(=C\c2ccccc2)SC1=S)[C@@H]1CCS(=O)(=O)C1. The number of carbonyl (C=O) groups excluding carboxylic acids is 2. The van der Waals surface area contributed by atoms with Crippen molar-refractivity contribution in [1.82, 2.24) is 9.80 Å². The number of hydrogen-bond donors (Lipinski definition) is 0. The number of hydrogen-bond acceptors (Lipinski definition) is 6. The van der Waals surface area contributed by atoms with Gasteiger partial charge in [-0.1, -0.05) is 54.3 Å². The van der Waals surface area contributed by atoms with Crippen molar-refractivity contribution < 1.29 is 18.0 Å². The van der Waals surface area contributed by atoms with Crippen LogP contribution in [0, 0.1) is 0 Å². The van der Waals surface area contributed by atoms with E-state index in [-0.39, 0.29) is 35.9 Å². The van der Waals surface area contributed by atoms with Crippen LogP contribution in [-0.4, -0.2) is 65.5 Å². The number of nitrogens with zero attached hydrogens (tertiary/aromatic N) is 2. The minimum absolute atomic E-state index is 0.0262. The van der Waals surface area contributed by atoms with Crippen LogP contribution in [0.25, 0.3) is 6.08 Å². The van der Waals surface area contributed by atoms with E-state index in [1.165, 1.54) is 9.80 Å². The Morgan fingerprint density at radius 1 is 1.38 bits per heavy atom. The molecule has 0 bridgehead atoms. The molecule has 0 aliphatic carbocycles. The maximum Gasteiger partial charge on any atom is 0.266 e. The molecular weight excluding hydrogens is 392 g/mol. The summed E-state index contributed by atoms with van der Waals surface area (Å²) in [4.78, 5) is 28.3. The number of thioether (sulfide) groups is 1. The molecule has 138 valence electrons. The van der Waals surface area contributed by atoms with Crippen molar-refractivity contribution in [3.05, 3.63) is 40.8 Å². The van der Waals surface area contributed by atoms with Crippen molar-refractivity contribution in [2.45, 2.75) is 12.5 Å². The zero-order chi connectivity index (χ0) is 18.9. The molecule has 2 amide bonds. The van der Waals surface area contributed by atoms with Crippen LogP contribution in [-0.2, 0) is 19.4 Å². The first-order valence-corrected chi connectivity index (χ1v) is 11.1. The molecule has 2 fully saturated rings. The third-order valence-electron chi connectivity index (χ3n) is 4.41. The Kier molecular flexibility index (Phi) is 5.50. The first-order chi connectivity index (χ1) is 12.3. The Balaban J connectivity index is 1.68. The number of rotatable bonds is 4. The van der Waals surface area contributed by atoms with Gasteiger partial charge in [0.25, 0.3) is 5.91 Å². The molecule has 9 heteroatoms. The highest BCUT2D eigenvalue weighted by Crippen LogP contribution is 2.32. The van der Waals surface area contributed by atoms with E-state index < -0.39 is 9.84 Å². The molecule has 0 spiro atoms. The first-order valence-electron chi connectivity index (χ1n) is 8.03. The van der Waals surface area contributed by atoms with Gasteiger partial charge in [0, 0.05) is 13.1 Å². The summed E-state index contributed by atoms with van der Waals surface area (Å²) in [5, 5.41) is 0. The first kappa shape index (κ1) is 19.1. The van der Waals surface area contributed by atoms with Crippen LogP contribution in [0.2, 0.25) is 0 Å². The molecule has 0 aromatic heterocycles. The maximum atomic E-state index is 12.6. The fourth-order valence-corrected chi connectivity index (χ4v) is 5.90. The van der Waals surface area contributed by atoms with Crippen molar-refractivity contribution in [2.75, 3.05) is 25.1 Å². The predicted molar refractivity (Wildman–Crippen MR) is 106 cm³/mol. The summed E-state index contributed by atoms with van der Waals surface area (Å²) in [6, 6.07) is 9.06. The van der Waals surface area contributed by atoms with E-state index in [4.69, 9.17) is 12.2 Å². The third-order valence-corrected chi connectivity index (χ3v) is 7.54. The lowest BCUT2D eigenvalue weighted by molar-refractivity contribution is -0.135. The molecule has 26 heavy (non-hydrogen) atoms. The molecule has 3 rings (SSSR count). The Hall–Kier alpha value is -1.71. The summed E-state index contributed by atoms with van der Waals surface area (Å²) in [5.74, 6) is -0.549. The van der Waals surface area contributed by atoms with Crippen LogP contribution in [0.15, 0.2) is 35.2 Å². The van der Waals surface area contributed by atoms with Crippen molar-refractivity contribution in [2.24, 2.45) is 0 Å². The fourth-order valence-electron chi connectivity index (χ4n) is 2.87. The van der Waals surface area contributed by atoms with Crippen molar-refractivity contribution in [3.63, 3.8) is 0 Å². The van der Waals surface area contributed by atoms with Gasteiger partial charge in [0.1, 0.15) is 10.9 Å². The van der Waals surface area contributed by atoms with E-state index in [0.717, 1.165) is 17.3 Å². The van der Waals surface area contributed by atoms with Crippen LogP contribution < -0.4 is 0 Å². The summed E-state index contributed by atoms with van der Waals surface area (Å²) in [7, 11) is -1.50. The maximum absolute atomic E-state index is 12.6. The standard InChI is InChI=1S/C17H18N2O4S3/c1-18(13-7-8-26(22,23)11-13)15(20)10-19-16(21)14(25-17(19)24)9-12-5-3-2-4-6-12/h2-6,9,13H,7-8,10-11H2,1H3/b14-9+/t13-/m1/s1. The van der Waals surface area contributed by atoms with Crippen molar-refractivity contribution >= 4 is 56.0 Å². The predicted octanol–water partition coefficient (Wildman–Crippen LogP) is 1.53. The number of sulfone groups is 1. The molecule has 0 unspecified atom stereocenters. The quantitative estimate of drug-likeness (QED) is 0.554. The molecule has 2 heterocycles. The molecular formula is C17H18N2O4S3.